The first-order chi connectivity index (χ1) is 11.1. The first-order valence-corrected chi connectivity index (χ1v) is 8.33. The highest BCUT2D eigenvalue weighted by atomic mass is 35.5. The van der Waals surface area contributed by atoms with Crippen LogP contribution in [0.3, 0.4) is 0 Å². The van der Waals surface area contributed by atoms with Crippen LogP contribution >= 0.6 is 22.9 Å². The maximum Gasteiger partial charge on any atom is 0.195 e. The summed E-state index contributed by atoms with van der Waals surface area (Å²) >= 11 is 7.73. The van der Waals surface area contributed by atoms with E-state index in [1.807, 2.05) is 30.3 Å². The predicted molar refractivity (Wildman–Crippen MR) is 97.6 cm³/mol. The molecule has 0 unspecified atom stereocenters. The number of carbonyl (C=O) groups excluding carboxylic acids is 1. The van der Waals surface area contributed by atoms with E-state index in [-0.39, 0.29) is 5.78 Å². The fraction of sp³-hybridized carbons (Fsp3) is 0.0526. The minimum Gasteiger partial charge on any atom is -0.289 e. The second-order valence-electron chi connectivity index (χ2n) is 5.06. The number of rotatable bonds is 4. The highest BCUT2D eigenvalue weighted by Crippen LogP contribution is 2.26. The van der Waals surface area contributed by atoms with E-state index >= 15 is 0 Å². The molecule has 2 nitrogen and oxygen atoms in total. The van der Waals surface area contributed by atoms with E-state index < -0.39 is 0 Å². The van der Waals surface area contributed by atoms with Crippen molar-refractivity contribution in [3.05, 3.63) is 86.6 Å². The van der Waals surface area contributed by atoms with Gasteiger partial charge in [-0.1, -0.05) is 41.9 Å². The average molecular weight is 340 g/mol. The Labute approximate surface area is 144 Å². The van der Waals surface area contributed by atoms with E-state index in [0.717, 1.165) is 4.88 Å². The molecular formula is C19H14ClNOS. The van der Waals surface area contributed by atoms with Crippen molar-refractivity contribution in [2.24, 2.45) is 4.99 Å². The van der Waals surface area contributed by atoms with Gasteiger partial charge in [0.2, 0.25) is 0 Å². The number of benzene rings is 2. The number of carbonyl (C=O) groups is 1. The molecule has 0 bridgehead atoms. The molecule has 1 aromatic heterocycles. The van der Waals surface area contributed by atoms with Crippen molar-refractivity contribution in [2.75, 3.05) is 0 Å². The molecule has 3 aromatic rings. The SMILES string of the molecule is Cc1ccc(C=Nc2ccc(Cl)cc2C(=O)c2ccccc2)s1. The molecule has 0 aliphatic heterocycles. The number of aliphatic imine (C=N–C) groups is 1. The fourth-order valence-electron chi connectivity index (χ4n) is 2.20. The molecule has 0 fully saturated rings. The quantitative estimate of drug-likeness (QED) is 0.443. The van der Waals surface area contributed by atoms with Gasteiger partial charge in [0, 0.05) is 32.1 Å². The molecule has 2 aromatic carbocycles. The number of hydrogen-bond donors (Lipinski definition) is 0. The van der Waals surface area contributed by atoms with Crippen molar-refractivity contribution in [3.63, 3.8) is 0 Å². The van der Waals surface area contributed by atoms with Gasteiger partial charge in [0.25, 0.3) is 0 Å². The highest BCUT2D eigenvalue weighted by Gasteiger charge is 2.13. The fourth-order valence-corrected chi connectivity index (χ4v) is 3.13. The monoisotopic (exact) mass is 339 g/mol. The van der Waals surface area contributed by atoms with Crippen LogP contribution < -0.4 is 0 Å². The summed E-state index contributed by atoms with van der Waals surface area (Å²) in [5.74, 6) is -0.0809. The molecule has 0 aliphatic rings. The van der Waals surface area contributed by atoms with Crippen LogP contribution in [0.1, 0.15) is 25.7 Å². The highest BCUT2D eigenvalue weighted by molar-refractivity contribution is 7.13. The molecule has 1 heterocycles. The van der Waals surface area contributed by atoms with Gasteiger partial charge in [-0.3, -0.25) is 9.79 Å². The third kappa shape index (κ3) is 3.76. The van der Waals surface area contributed by atoms with Crippen molar-refractivity contribution in [2.45, 2.75) is 6.92 Å². The van der Waals surface area contributed by atoms with Gasteiger partial charge in [-0.2, -0.15) is 0 Å². The molecule has 0 spiro atoms. The molecule has 0 amide bonds. The number of nitrogens with zero attached hydrogens (tertiary/aromatic N) is 1. The molecule has 0 aliphatic carbocycles. The van der Waals surface area contributed by atoms with Gasteiger partial charge < -0.3 is 0 Å². The second kappa shape index (κ2) is 6.90. The van der Waals surface area contributed by atoms with Crippen LogP contribution in [0.25, 0.3) is 0 Å². The number of hydrogen-bond acceptors (Lipinski definition) is 3. The number of thiophene rings is 1. The average Bonchev–Trinajstić information content (AvgIpc) is 2.99. The van der Waals surface area contributed by atoms with Crippen molar-refractivity contribution < 1.29 is 4.79 Å². The standard InChI is InChI=1S/C19H14ClNOS/c1-13-7-9-16(23-13)12-21-18-10-8-15(20)11-17(18)19(22)14-5-3-2-4-6-14/h2-12H,1H3. The summed E-state index contributed by atoms with van der Waals surface area (Å²) in [6.45, 7) is 2.05. The van der Waals surface area contributed by atoms with E-state index in [9.17, 15) is 4.79 Å². The zero-order chi connectivity index (χ0) is 16.2. The van der Waals surface area contributed by atoms with Gasteiger partial charge in [0.15, 0.2) is 5.78 Å². The molecule has 0 saturated heterocycles. The Hall–Kier alpha value is -2.23. The molecule has 23 heavy (non-hydrogen) atoms. The Kier molecular flexibility index (Phi) is 4.70. The van der Waals surface area contributed by atoms with Gasteiger partial charge in [-0.25, -0.2) is 0 Å². The Bertz CT molecular complexity index is 868. The molecule has 0 atom stereocenters. The summed E-state index contributed by atoms with van der Waals surface area (Å²) < 4.78 is 0. The van der Waals surface area contributed by atoms with Crippen molar-refractivity contribution in [1.82, 2.24) is 0 Å². The summed E-state index contributed by atoms with van der Waals surface area (Å²) in [7, 11) is 0. The third-order valence-corrected chi connectivity index (χ3v) is 4.50. The van der Waals surface area contributed by atoms with E-state index in [0.29, 0.717) is 21.8 Å². The lowest BCUT2D eigenvalue weighted by molar-refractivity contribution is 0.103. The topological polar surface area (TPSA) is 29.4 Å². The smallest absolute Gasteiger partial charge is 0.195 e. The second-order valence-corrected chi connectivity index (χ2v) is 6.82. The van der Waals surface area contributed by atoms with Crippen LogP contribution in [0.15, 0.2) is 65.7 Å². The lowest BCUT2D eigenvalue weighted by Crippen LogP contribution is -2.01. The van der Waals surface area contributed by atoms with E-state index in [2.05, 4.69) is 11.9 Å². The summed E-state index contributed by atoms with van der Waals surface area (Å²) in [6, 6.07) is 18.4. The molecular weight excluding hydrogens is 326 g/mol. The van der Waals surface area contributed by atoms with Gasteiger partial charge >= 0.3 is 0 Å². The maximum atomic E-state index is 12.7. The lowest BCUT2D eigenvalue weighted by atomic mass is 10.0. The van der Waals surface area contributed by atoms with Crippen molar-refractivity contribution >= 4 is 40.6 Å². The Balaban J connectivity index is 1.98. The van der Waals surface area contributed by atoms with E-state index in [1.54, 1.807) is 47.9 Å². The molecule has 114 valence electrons. The Morgan fingerprint density at radius 2 is 1.87 bits per heavy atom. The molecule has 0 saturated carbocycles. The summed E-state index contributed by atoms with van der Waals surface area (Å²) in [4.78, 5) is 19.5. The van der Waals surface area contributed by atoms with Crippen LogP contribution in [0, 0.1) is 6.92 Å². The van der Waals surface area contributed by atoms with Gasteiger partial charge in [0.1, 0.15) is 0 Å². The normalized spacial score (nSPS) is 11.0. The maximum absolute atomic E-state index is 12.7. The third-order valence-electron chi connectivity index (χ3n) is 3.33. The zero-order valence-corrected chi connectivity index (χ0v) is 14.1. The Morgan fingerprint density at radius 3 is 2.57 bits per heavy atom. The van der Waals surface area contributed by atoms with Crippen LogP contribution in [0.5, 0.6) is 0 Å². The molecule has 0 radical (unpaired) electrons. The van der Waals surface area contributed by atoms with Gasteiger partial charge in [0.05, 0.1) is 5.69 Å². The van der Waals surface area contributed by atoms with E-state index in [4.69, 9.17) is 11.6 Å². The van der Waals surface area contributed by atoms with Crippen LogP contribution in [-0.2, 0) is 0 Å². The molecule has 3 rings (SSSR count). The van der Waals surface area contributed by atoms with Crippen molar-refractivity contribution in [3.8, 4) is 0 Å². The summed E-state index contributed by atoms with van der Waals surface area (Å²) in [5, 5.41) is 0.523. The first-order valence-electron chi connectivity index (χ1n) is 7.13. The van der Waals surface area contributed by atoms with Crippen LogP contribution in [0.2, 0.25) is 5.02 Å². The van der Waals surface area contributed by atoms with Crippen molar-refractivity contribution in [1.29, 1.82) is 0 Å². The number of halogens is 1. The van der Waals surface area contributed by atoms with Crippen LogP contribution in [-0.4, -0.2) is 12.0 Å². The first kappa shape index (κ1) is 15.7. The summed E-state index contributed by atoms with van der Waals surface area (Å²) in [5.41, 5.74) is 1.75. The lowest BCUT2D eigenvalue weighted by Gasteiger charge is -2.05. The van der Waals surface area contributed by atoms with Crippen LogP contribution in [0.4, 0.5) is 5.69 Å². The predicted octanol–water partition coefficient (Wildman–Crippen LogP) is 5.69. The largest absolute Gasteiger partial charge is 0.289 e. The van der Waals surface area contributed by atoms with E-state index in [1.165, 1.54) is 4.88 Å². The molecule has 4 heteroatoms. The summed E-state index contributed by atoms with van der Waals surface area (Å²) in [6.07, 6.45) is 1.78. The Morgan fingerprint density at radius 1 is 1.09 bits per heavy atom. The zero-order valence-electron chi connectivity index (χ0n) is 12.5. The molecule has 0 N–H and O–H groups in total. The van der Waals surface area contributed by atoms with Gasteiger partial charge in [-0.15, -0.1) is 11.3 Å². The number of ketones is 1. The number of aryl methyl sites for hydroxylation is 1. The minimum absolute atomic E-state index is 0.0809. The van der Waals surface area contributed by atoms with Gasteiger partial charge in [-0.05, 0) is 37.3 Å². The minimum atomic E-state index is -0.0809.